The van der Waals surface area contributed by atoms with Gasteiger partial charge in [0.2, 0.25) is 0 Å². The van der Waals surface area contributed by atoms with Gasteiger partial charge in [-0.25, -0.2) is 4.79 Å². The Hall–Kier alpha value is -0.810. The highest BCUT2D eigenvalue weighted by Crippen LogP contribution is 2.24. The molecule has 1 aliphatic heterocycles. The van der Waals surface area contributed by atoms with Gasteiger partial charge in [-0.15, -0.1) is 0 Å². The molecule has 0 spiro atoms. The Balaban J connectivity index is 1.78. The third-order valence-corrected chi connectivity index (χ3v) is 4.56. The van der Waals surface area contributed by atoms with Crippen LogP contribution in [0.25, 0.3) is 0 Å². The van der Waals surface area contributed by atoms with E-state index in [4.69, 9.17) is 9.47 Å². The quantitative estimate of drug-likeness (QED) is 0.835. The summed E-state index contributed by atoms with van der Waals surface area (Å²) < 4.78 is 11.2. The van der Waals surface area contributed by atoms with Gasteiger partial charge in [0.05, 0.1) is 12.2 Å². The van der Waals surface area contributed by atoms with Crippen molar-refractivity contribution in [2.24, 2.45) is 0 Å². The van der Waals surface area contributed by atoms with Crippen molar-refractivity contribution in [2.75, 3.05) is 0 Å². The van der Waals surface area contributed by atoms with Crippen LogP contribution in [0.3, 0.4) is 0 Å². The maximum Gasteiger partial charge on any atom is 0.407 e. The van der Waals surface area contributed by atoms with Gasteiger partial charge in [-0.1, -0.05) is 0 Å². The number of hydrogen-bond acceptors (Lipinski definition) is 4. The fourth-order valence-electron chi connectivity index (χ4n) is 3.82. The lowest BCUT2D eigenvalue weighted by Gasteiger charge is -2.38. The van der Waals surface area contributed by atoms with Gasteiger partial charge < -0.3 is 20.1 Å². The smallest absolute Gasteiger partial charge is 0.407 e. The second-order valence-electron chi connectivity index (χ2n) is 8.30. The lowest BCUT2D eigenvalue weighted by Crippen LogP contribution is -2.50. The van der Waals surface area contributed by atoms with Crippen molar-refractivity contribution in [3.63, 3.8) is 0 Å². The van der Waals surface area contributed by atoms with E-state index in [1.54, 1.807) is 0 Å². The highest BCUT2D eigenvalue weighted by molar-refractivity contribution is 5.68. The SMILES string of the molecule is C[C@@H]1CC(N[C@@H]2CCC[C@@H](NC(=O)OC(C)(C)C)C2)C[C@@H](C)O1. The second-order valence-corrected chi connectivity index (χ2v) is 8.30. The van der Waals surface area contributed by atoms with E-state index in [0.29, 0.717) is 24.3 Å². The van der Waals surface area contributed by atoms with Crippen LogP contribution in [0.2, 0.25) is 0 Å². The highest BCUT2D eigenvalue weighted by atomic mass is 16.6. The Morgan fingerprint density at radius 2 is 1.61 bits per heavy atom. The average molecular weight is 326 g/mol. The lowest BCUT2D eigenvalue weighted by molar-refractivity contribution is -0.0442. The molecule has 0 bridgehead atoms. The van der Waals surface area contributed by atoms with Gasteiger partial charge in [0.1, 0.15) is 5.60 Å². The Morgan fingerprint density at radius 3 is 2.22 bits per heavy atom. The minimum absolute atomic E-state index is 0.214. The summed E-state index contributed by atoms with van der Waals surface area (Å²) in [5, 5.41) is 6.83. The molecular weight excluding hydrogens is 292 g/mol. The summed E-state index contributed by atoms with van der Waals surface area (Å²) in [4.78, 5) is 11.9. The molecule has 1 saturated heterocycles. The molecule has 0 radical (unpaired) electrons. The van der Waals surface area contributed by atoms with Crippen molar-refractivity contribution in [3.05, 3.63) is 0 Å². The summed E-state index contributed by atoms with van der Waals surface area (Å²) in [6, 6.07) is 1.22. The van der Waals surface area contributed by atoms with Gasteiger partial charge in [-0.2, -0.15) is 0 Å². The minimum Gasteiger partial charge on any atom is -0.444 e. The van der Waals surface area contributed by atoms with E-state index in [1.165, 1.54) is 6.42 Å². The molecule has 2 aliphatic rings. The Morgan fingerprint density at radius 1 is 1.00 bits per heavy atom. The first kappa shape index (κ1) is 18.5. The van der Waals surface area contributed by atoms with Crippen LogP contribution in [0, 0.1) is 0 Å². The first-order chi connectivity index (χ1) is 10.7. The summed E-state index contributed by atoms with van der Waals surface area (Å²) in [6.45, 7) is 9.98. The van der Waals surface area contributed by atoms with Crippen molar-refractivity contribution >= 4 is 6.09 Å². The summed E-state index contributed by atoms with van der Waals surface area (Å²) >= 11 is 0. The van der Waals surface area contributed by atoms with Crippen LogP contribution in [-0.2, 0) is 9.47 Å². The highest BCUT2D eigenvalue weighted by Gasteiger charge is 2.30. The predicted octanol–water partition coefficient (Wildman–Crippen LogP) is 3.37. The van der Waals surface area contributed by atoms with Crippen molar-refractivity contribution in [3.8, 4) is 0 Å². The first-order valence-corrected chi connectivity index (χ1v) is 9.12. The first-order valence-electron chi connectivity index (χ1n) is 9.12. The summed E-state index contributed by atoms with van der Waals surface area (Å²) in [5.41, 5.74) is -0.440. The molecule has 0 aromatic heterocycles. The number of rotatable bonds is 3. The predicted molar refractivity (Wildman–Crippen MR) is 91.6 cm³/mol. The minimum atomic E-state index is -0.440. The van der Waals surface area contributed by atoms with Gasteiger partial charge in [0, 0.05) is 18.1 Å². The maximum absolute atomic E-state index is 11.9. The molecule has 5 heteroatoms. The number of alkyl carbamates (subject to hydrolysis) is 1. The molecule has 1 heterocycles. The zero-order chi connectivity index (χ0) is 17.0. The molecule has 23 heavy (non-hydrogen) atoms. The molecule has 4 atom stereocenters. The van der Waals surface area contributed by atoms with Gasteiger partial charge >= 0.3 is 6.09 Å². The normalized spacial score (nSPS) is 35.6. The van der Waals surface area contributed by atoms with Crippen LogP contribution < -0.4 is 10.6 Å². The molecular formula is C18H34N2O3. The summed E-state index contributed by atoms with van der Waals surface area (Å²) in [7, 11) is 0. The largest absolute Gasteiger partial charge is 0.444 e. The fraction of sp³-hybridized carbons (Fsp3) is 0.944. The van der Waals surface area contributed by atoms with Gasteiger partial charge in [-0.3, -0.25) is 0 Å². The number of nitrogens with one attached hydrogen (secondary N) is 2. The maximum atomic E-state index is 11.9. The van der Waals surface area contributed by atoms with Crippen LogP contribution in [0.1, 0.15) is 73.1 Å². The molecule has 0 aromatic carbocycles. The van der Waals surface area contributed by atoms with Gasteiger partial charge in [-0.05, 0) is 73.1 Å². The monoisotopic (exact) mass is 326 g/mol. The van der Waals surface area contributed by atoms with E-state index in [0.717, 1.165) is 32.1 Å². The van der Waals surface area contributed by atoms with Crippen LogP contribution >= 0.6 is 0 Å². The zero-order valence-corrected chi connectivity index (χ0v) is 15.4. The summed E-state index contributed by atoms with van der Waals surface area (Å²) in [6.07, 6.45) is 6.87. The molecule has 5 nitrogen and oxygen atoms in total. The van der Waals surface area contributed by atoms with E-state index < -0.39 is 5.60 Å². The Labute approximate surface area is 140 Å². The van der Waals surface area contributed by atoms with Crippen molar-refractivity contribution in [1.82, 2.24) is 10.6 Å². The Bertz CT molecular complexity index is 384. The molecule has 1 amide bonds. The molecule has 1 saturated carbocycles. The number of carbonyl (C=O) groups is 1. The fourth-order valence-corrected chi connectivity index (χ4v) is 3.82. The second kappa shape index (κ2) is 7.84. The van der Waals surface area contributed by atoms with E-state index in [2.05, 4.69) is 24.5 Å². The molecule has 134 valence electrons. The van der Waals surface area contributed by atoms with Crippen molar-refractivity contribution in [1.29, 1.82) is 0 Å². The van der Waals surface area contributed by atoms with Gasteiger partial charge in [0.15, 0.2) is 0 Å². The number of amides is 1. The van der Waals surface area contributed by atoms with E-state index in [-0.39, 0.29) is 12.1 Å². The number of carbonyl (C=O) groups excluding carboxylic acids is 1. The third-order valence-electron chi connectivity index (χ3n) is 4.56. The van der Waals surface area contributed by atoms with E-state index in [9.17, 15) is 4.79 Å². The molecule has 2 fully saturated rings. The molecule has 2 rings (SSSR count). The van der Waals surface area contributed by atoms with E-state index >= 15 is 0 Å². The van der Waals surface area contributed by atoms with Crippen LogP contribution in [-0.4, -0.2) is 42.0 Å². The van der Waals surface area contributed by atoms with Crippen molar-refractivity contribution in [2.45, 2.75) is 109 Å². The standard InChI is InChI=1S/C18H34N2O3/c1-12-9-16(10-13(2)22-12)19-14-7-6-8-15(11-14)20-17(21)23-18(3,4)5/h12-16,19H,6-11H2,1-5H3,(H,20,21)/t12-,13-,14-,15-/m1/s1. The van der Waals surface area contributed by atoms with Gasteiger partial charge in [0.25, 0.3) is 0 Å². The number of ether oxygens (including phenoxy) is 2. The third kappa shape index (κ3) is 6.68. The Kier molecular flexibility index (Phi) is 6.32. The molecule has 1 aliphatic carbocycles. The zero-order valence-electron chi connectivity index (χ0n) is 15.4. The topological polar surface area (TPSA) is 59.6 Å². The van der Waals surface area contributed by atoms with Crippen LogP contribution in [0.4, 0.5) is 4.79 Å². The van der Waals surface area contributed by atoms with Crippen molar-refractivity contribution < 1.29 is 14.3 Å². The average Bonchev–Trinajstić information content (AvgIpc) is 2.35. The lowest BCUT2D eigenvalue weighted by atomic mass is 9.89. The van der Waals surface area contributed by atoms with E-state index in [1.807, 2.05) is 20.8 Å². The van der Waals surface area contributed by atoms with Crippen LogP contribution in [0.15, 0.2) is 0 Å². The molecule has 0 unspecified atom stereocenters. The summed E-state index contributed by atoms with van der Waals surface area (Å²) in [5.74, 6) is 0. The van der Waals surface area contributed by atoms with Crippen LogP contribution in [0.5, 0.6) is 0 Å². The molecule has 2 N–H and O–H groups in total. The molecule has 0 aromatic rings. The number of hydrogen-bond donors (Lipinski definition) is 2.